The molecule has 1 saturated heterocycles. The molecule has 1 fully saturated rings. The molecule has 152 valence electrons. The van der Waals surface area contributed by atoms with Gasteiger partial charge in [0, 0.05) is 14.1 Å². The van der Waals surface area contributed by atoms with Gasteiger partial charge < -0.3 is 5.73 Å². The Labute approximate surface area is 171 Å². The highest BCUT2D eigenvalue weighted by Gasteiger charge is 2.37. The van der Waals surface area contributed by atoms with Gasteiger partial charge >= 0.3 is 5.69 Å². The number of Topliss-reactive ketones (excluding diaryl/α,β-unsaturated/α-hetero) is 1. The lowest BCUT2D eigenvalue weighted by Crippen LogP contribution is -2.46. The molecule has 29 heavy (non-hydrogen) atoms. The standard InChI is InChI=1S/C20H23N5O3S/c1-11(16(26)15-17(21)23(2)20(28)24(3)19(15)27)25-10-6-8-13(25)18-22-12-7-4-5-9-14(12)29-18/h4-5,7,9,11,13H,6,8,10,21H2,1-3H3. The lowest BCUT2D eigenvalue weighted by Gasteiger charge is -2.28. The van der Waals surface area contributed by atoms with Crippen LogP contribution in [0.1, 0.15) is 41.2 Å². The summed E-state index contributed by atoms with van der Waals surface area (Å²) in [4.78, 5) is 44.8. The summed E-state index contributed by atoms with van der Waals surface area (Å²) >= 11 is 1.64. The summed E-state index contributed by atoms with van der Waals surface area (Å²) in [7, 11) is 2.81. The van der Waals surface area contributed by atoms with E-state index in [9.17, 15) is 14.4 Å². The summed E-state index contributed by atoms with van der Waals surface area (Å²) in [5, 5.41) is 0.977. The molecule has 0 amide bonds. The van der Waals surface area contributed by atoms with Gasteiger partial charge in [-0.25, -0.2) is 9.78 Å². The fourth-order valence-corrected chi connectivity index (χ4v) is 5.12. The number of para-hydroxylation sites is 1. The van der Waals surface area contributed by atoms with Crippen molar-refractivity contribution in [2.75, 3.05) is 12.3 Å². The van der Waals surface area contributed by atoms with Gasteiger partial charge in [0.15, 0.2) is 5.78 Å². The number of aromatic nitrogens is 3. The molecule has 2 atom stereocenters. The quantitative estimate of drug-likeness (QED) is 0.653. The Morgan fingerprint density at radius 1 is 1.24 bits per heavy atom. The zero-order chi connectivity index (χ0) is 20.9. The van der Waals surface area contributed by atoms with Gasteiger partial charge in [0.1, 0.15) is 16.4 Å². The second-order valence-corrected chi connectivity index (χ2v) is 8.48. The van der Waals surface area contributed by atoms with E-state index in [4.69, 9.17) is 10.7 Å². The fourth-order valence-electron chi connectivity index (χ4n) is 4.00. The molecule has 0 bridgehead atoms. The van der Waals surface area contributed by atoms with Crippen molar-refractivity contribution in [1.82, 2.24) is 19.0 Å². The molecule has 2 N–H and O–H groups in total. The average Bonchev–Trinajstić information content (AvgIpc) is 3.36. The molecule has 0 spiro atoms. The van der Waals surface area contributed by atoms with Crippen LogP contribution in [0.25, 0.3) is 10.2 Å². The number of nitrogens with two attached hydrogens (primary N) is 1. The molecule has 1 aliphatic heterocycles. The molecule has 2 unspecified atom stereocenters. The number of nitrogens with zero attached hydrogens (tertiary/aromatic N) is 4. The first-order valence-corrected chi connectivity index (χ1v) is 10.3. The van der Waals surface area contributed by atoms with Crippen LogP contribution in [0.2, 0.25) is 0 Å². The maximum Gasteiger partial charge on any atom is 0.332 e. The number of hydrogen-bond acceptors (Lipinski definition) is 7. The first-order valence-electron chi connectivity index (χ1n) is 9.52. The number of carbonyl (C=O) groups excluding carboxylic acids is 1. The van der Waals surface area contributed by atoms with Crippen LogP contribution in [-0.4, -0.2) is 37.4 Å². The third kappa shape index (κ3) is 3.10. The van der Waals surface area contributed by atoms with Gasteiger partial charge in [-0.3, -0.25) is 23.6 Å². The third-order valence-electron chi connectivity index (χ3n) is 5.72. The summed E-state index contributed by atoms with van der Waals surface area (Å²) in [5.74, 6) is -0.461. The smallest absolute Gasteiger partial charge is 0.332 e. The number of nitrogen functional groups attached to an aromatic ring is 1. The normalized spacial score (nSPS) is 18.4. The van der Waals surface area contributed by atoms with Crippen LogP contribution in [0.3, 0.4) is 0 Å². The van der Waals surface area contributed by atoms with Crippen molar-refractivity contribution in [3.8, 4) is 0 Å². The van der Waals surface area contributed by atoms with E-state index in [0.29, 0.717) is 0 Å². The Hall–Kier alpha value is -2.78. The molecule has 9 heteroatoms. The van der Waals surface area contributed by atoms with E-state index < -0.39 is 17.3 Å². The van der Waals surface area contributed by atoms with Gasteiger partial charge in [0.05, 0.1) is 22.3 Å². The van der Waals surface area contributed by atoms with Crippen molar-refractivity contribution in [3.63, 3.8) is 0 Å². The molecule has 0 saturated carbocycles. The second kappa shape index (κ2) is 7.23. The lowest BCUT2D eigenvalue weighted by molar-refractivity contribution is 0.0818. The highest BCUT2D eigenvalue weighted by molar-refractivity contribution is 7.18. The summed E-state index contributed by atoms with van der Waals surface area (Å²) in [6, 6.07) is 7.44. The topological polar surface area (TPSA) is 103 Å². The average molecular weight is 414 g/mol. The van der Waals surface area contributed by atoms with Crippen molar-refractivity contribution in [3.05, 3.63) is 55.7 Å². The zero-order valence-corrected chi connectivity index (χ0v) is 17.4. The summed E-state index contributed by atoms with van der Waals surface area (Å²) in [6.45, 7) is 2.53. The Bertz CT molecular complexity index is 1190. The van der Waals surface area contributed by atoms with Crippen LogP contribution < -0.4 is 17.0 Å². The van der Waals surface area contributed by atoms with E-state index in [-0.39, 0.29) is 23.2 Å². The minimum atomic E-state index is -0.654. The molecular formula is C20H23N5O3S. The highest BCUT2D eigenvalue weighted by Crippen LogP contribution is 2.38. The highest BCUT2D eigenvalue weighted by atomic mass is 32.1. The van der Waals surface area contributed by atoms with Gasteiger partial charge in [-0.15, -0.1) is 11.3 Å². The number of carbonyl (C=O) groups is 1. The van der Waals surface area contributed by atoms with Crippen LogP contribution in [0.5, 0.6) is 0 Å². The van der Waals surface area contributed by atoms with Crippen molar-refractivity contribution in [2.24, 2.45) is 14.1 Å². The Morgan fingerprint density at radius 2 is 1.97 bits per heavy atom. The number of likely N-dealkylation sites (tertiary alicyclic amines) is 1. The summed E-state index contributed by atoms with van der Waals surface area (Å²) in [6.07, 6.45) is 1.84. The third-order valence-corrected chi connectivity index (χ3v) is 6.86. The molecule has 1 aliphatic rings. The number of fused-ring (bicyclic) bond motifs is 1. The van der Waals surface area contributed by atoms with E-state index in [1.165, 1.54) is 14.1 Å². The maximum absolute atomic E-state index is 13.3. The fraction of sp³-hybridized carbons (Fsp3) is 0.400. The van der Waals surface area contributed by atoms with E-state index >= 15 is 0 Å². The van der Waals surface area contributed by atoms with Crippen LogP contribution >= 0.6 is 11.3 Å². The van der Waals surface area contributed by atoms with Gasteiger partial charge in [-0.1, -0.05) is 12.1 Å². The largest absolute Gasteiger partial charge is 0.384 e. The maximum atomic E-state index is 13.3. The predicted molar refractivity (Wildman–Crippen MR) is 113 cm³/mol. The SMILES string of the molecule is CC(C(=O)c1c(N)n(C)c(=O)n(C)c1=O)N1CCCC1c1nc2ccccc2s1. The van der Waals surface area contributed by atoms with Crippen LogP contribution in [-0.2, 0) is 14.1 Å². The van der Waals surface area contributed by atoms with Crippen LogP contribution in [0.15, 0.2) is 33.9 Å². The molecule has 2 aromatic heterocycles. The van der Waals surface area contributed by atoms with Crippen molar-refractivity contribution < 1.29 is 4.79 Å². The number of thiazole rings is 1. The first kappa shape index (κ1) is 19.5. The molecular weight excluding hydrogens is 390 g/mol. The summed E-state index contributed by atoms with van der Waals surface area (Å²) in [5.41, 5.74) is 5.61. The van der Waals surface area contributed by atoms with Gasteiger partial charge in [0.2, 0.25) is 0 Å². The van der Waals surface area contributed by atoms with Crippen LogP contribution in [0, 0.1) is 0 Å². The summed E-state index contributed by atoms with van der Waals surface area (Å²) < 4.78 is 3.17. The number of anilines is 1. The number of rotatable bonds is 4. The predicted octanol–water partition coefficient (Wildman–Crippen LogP) is 1.68. The van der Waals surface area contributed by atoms with E-state index in [1.54, 1.807) is 18.3 Å². The second-order valence-electron chi connectivity index (χ2n) is 7.42. The Morgan fingerprint density at radius 3 is 2.69 bits per heavy atom. The zero-order valence-electron chi connectivity index (χ0n) is 16.6. The van der Waals surface area contributed by atoms with Gasteiger partial charge in [0.25, 0.3) is 5.56 Å². The molecule has 0 aliphatic carbocycles. The minimum absolute atomic E-state index is 0.0176. The Balaban J connectivity index is 1.70. The van der Waals surface area contributed by atoms with Crippen LogP contribution in [0.4, 0.5) is 5.82 Å². The monoisotopic (exact) mass is 413 g/mol. The molecule has 0 radical (unpaired) electrons. The number of ketones is 1. The van der Waals surface area contributed by atoms with Crippen molar-refractivity contribution in [2.45, 2.75) is 31.8 Å². The number of benzene rings is 1. The van der Waals surface area contributed by atoms with E-state index in [1.807, 2.05) is 24.3 Å². The lowest BCUT2D eigenvalue weighted by atomic mass is 10.0. The number of hydrogen-bond donors (Lipinski definition) is 1. The van der Waals surface area contributed by atoms with E-state index in [2.05, 4.69) is 4.90 Å². The van der Waals surface area contributed by atoms with Gasteiger partial charge in [-0.05, 0) is 38.4 Å². The first-order chi connectivity index (χ1) is 13.8. The molecule has 3 heterocycles. The molecule has 1 aromatic carbocycles. The molecule has 4 rings (SSSR count). The van der Waals surface area contributed by atoms with E-state index in [0.717, 1.165) is 43.7 Å². The van der Waals surface area contributed by atoms with Gasteiger partial charge in [-0.2, -0.15) is 0 Å². The Kier molecular flexibility index (Phi) is 4.87. The molecule has 3 aromatic rings. The van der Waals surface area contributed by atoms with Crippen molar-refractivity contribution >= 4 is 33.2 Å². The minimum Gasteiger partial charge on any atom is -0.384 e. The van der Waals surface area contributed by atoms with Crippen molar-refractivity contribution in [1.29, 1.82) is 0 Å². The molecule has 8 nitrogen and oxygen atoms in total.